The van der Waals surface area contributed by atoms with Crippen LogP contribution in [0.3, 0.4) is 0 Å². The van der Waals surface area contributed by atoms with Crippen LogP contribution < -0.4 is 0 Å². The molecule has 0 bridgehead atoms. The molecular weight excluding hydrogens is 440 g/mol. The van der Waals surface area contributed by atoms with Crippen molar-refractivity contribution in [3.05, 3.63) is 81.9 Å². The molecule has 6 nitrogen and oxygen atoms in total. The normalized spacial score (nSPS) is 20.8. The summed E-state index contributed by atoms with van der Waals surface area (Å²) in [5.74, 6) is -3.03. The van der Waals surface area contributed by atoms with Crippen LogP contribution >= 0.6 is 11.6 Å². The molecule has 7 heteroatoms. The second-order valence-electron chi connectivity index (χ2n) is 8.73. The summed E-state index contributed by atoms with van der Waals surface area (Å²) < 4.78 is 0. The number of hydrazine groups is 1. The number of benzene rings is 2. The molecule has 3 amide bonds. The molecule has 0 N–H and O–H groups in total. The van der Waals surface area contributed by atoms with E-state index < -0.39 is 35.6 Å². The van der Waals surface area contributed by atoms with Crippen LogP contribution in [-0.4, -0.2) is 39.6 Å². The molecule has 1 saturated heterocycles. The number of aryl methyl sites for hydroxylation is 1. The third kappa shape index (κ3) is 4.11. The molecular formula is C26H25ClN2O4. The first-order valence-electron chi connectivity index (χ1n) is 10.9. The molecule has 2 aromatic rings. The van der Waals surface area contributed by atoms with Crippen LogP contribution in [0.15, 0.2) is 60.2 Å². The highest BCUT2D eigenvalue weighted by Gasteiger charge is 2.53. The molecule has 0 unspecified atom stereocenters. The van der Waals surface area contributed by atoms with E-state index in [1.807, 2.05) is 19.9 Å². The monoisotopic (exact) mass is 464 g/mol. The number of imide groups is 1. The van der Waals surface area contributed by atoms with E-state index in [1.165, 1.54) is 13.0 Å². The molecule has 0 radical (unpaired) electrons. The number of halogens is 1. The maximum atomic E-state index is 13.7. The Labute approximate surface area is 197 Å². The minimum Gasteiger partial charge on any atom is -0.292 e. The molecule has 2 aliphatic rings. The summed E-state index contributed by atoms with van der Waals surface area (Å²) in [6.45, 7) is 5.36. The lowest BCUT2D eigenvalue weighted by atomic mass is 9.82. The third-order valence-corrected chi connectivity index (χ3v) is 6.74. The summed E-state index contributed by atoms with van der Waals surface area (Å²) in [5.41, 5.74) is 2.53. The molecule has 170 valence electrons. The molecule has 3 atom stereocenters. The summed E-state index contributed by atoms with van der Waals surface area (Å²) in [6.07, 6.45) is 2.85. The number of Topliss-reactive ketones (excluding diaryl/α,β-unsaturated/α-hetero) is 1. The van der Waals surface area contributed by atoms with Crippen LogP contribution in [0.2, 0.25) is 5.02 Å². The molecule has 1 fully saturated rings. The molecule has 33 heavy (non-hydrogen) atoms. The van der Waals surface area contributed by atoms with Crippen LogP contribution in [0.4, 0.5) is 0 Å². The zero-order chi connectivity index (χ0) is 23.9. The number of allylic oxidation sites excluding steroid dienone is 2. The second-order valence-corrected chi connectivity index (χ2v) is 9.13. The lowest BCUT2D eigenvalue weighted by molar-refractivity contribution is -0.156. The Morgan fingerprint density at radius 3 is 2.30 bits per heavy atom. The van der Waals surface area contributed by atoms with Crippen molar-refractivity contribution in [2.24, 2.45) is 11.8 Å². The highest BCUT2D eigenvalue weighted by molar-refractivity contribution is 6.34. The second kappa shape index (κ2) is 8.94. The highest BCUT2D eigenvalue weighted by Crippen LogP contribution is 2.39. The number of hydrogen-bond donors (Lipinski definition) is 0. The van der Waals surface area contributed by atoms with Crippen molar-refractivity contribution in [2.45, 2.75) is 39.7 Å². The number of carbonyl (C=O) groups is 4. The van der Waals surface area contributed by atoms with Crippen molar-refractivity contribution in [2.75, 3.05) is 0 Å². The molecule has 4 rings (SSSR count). The van der Waals surface area contributed by atoms with Crippen LogP contribution in [0.25, 0.3) is 0 Å². The van der Waals surface area contributed by atoms with Gasteiger partial charge in [0.05, 0.1) is 22.4 Å². The van der Waals surface area contributed by atoms with Gasteiger partial charge in [-0.3, -0.25) is 19.2 Å². The van der Waals surface area contributed by atoms with Gasteiger partial charge in [0, 0.05) is 5.56 Å². The minimum absolute atomic E-state index is 0.118. The average Bonchev–Trinajstić information content (AvgIpc) is 3.04. The summed E-state index contributed by atoms with van der Waals surface area (Å²) in [4.78, 5) is 53.8. The van der Waals surface area contributed by atoms with Gasteiger partial charge in [0.1, 0.15) is 6.04 Å². The van der Waals surface area contributed by atoms with Gasteiger partial charge in [0.25, 0.3) is 17.7 Å². The molecule has 0 saturated carbocycles. The largest absolute Gasteiger partial charge is 0.292 e. The number of nitrogens with zero attached hydrogens (tertiary/aromatic N) is 2. The van der Waals surface area contributed by atoms with E-state index in [1.54, 1.807) is 42.5 Å². The predicted molar refractivity (Wildman–Crippen MR) is 124 cm³/mol. The average molecular weight is 465 g/mol. The van der Waals surface area contributed by atoms with E-state index in [-0.39, 0.29) is 16.4 Å². The van der Waals surface area contributed by atoms with Crippen molar-refractivity contribution in [3.63, 3.8) is 0 Å². The van der Waals surface area contributed by atoms with Crippen molar-refractivity contribution in [1.29, 1.82) is 0 Å². The lowest BCUT2D eigenvalue weighted by Crippen LogP contribution is -2.56. The number of amides is 3. The first-order valence-corrected chi connectivity index (χ1v) is 11.3. The predicted octanol–water partition coefficient (Wildman–Crippen LogP) is 4.62. The Kier molecular flexibility index (Phi) is 6.21. The molecule has 1 heterocycles. The quantitative estimate of drug-likeness (QED) is 0.367. The maximum absolute atomic E-state index is 13.7. The zero-order valence-corrected chi connectivity index (χ0v) is 19.5. The Morgan fingerprint density at radius 1 is 1.00 bits per heavy atom. The van der Waals surface area contributed by atoms with Crippen LogP contribution in [0.1, 0.15) is 53.0 Å². The molecule has 1 aliphatic carbocycles. The molecule has 0 spiro atoms. The Balaban J connectivity index is 1.76. The fourth-order valence-corrected chi connectivity index (χ4v) is 4.72. The SMILES string of the molecule is CC1=CC[C@@H]2C(=O)N(N(C(=O)c3ccccc3Cl)[C@@H](C)C(=O)c3ccc(C)cc3)C(=O)[C@@H]2C1. The van der Waals surface area contributed by atoms with E-state index in [2.05, 4.69) is 0 Å². The summed E-state index contributed by atoms with van der Waals surface area (Å²) in [6, 6.07) is 12.2. The van der Waals surface area contributed by atoms with E-state index in [4.69, 9.17) is 11.6 Å². The smallest absolute Gasteiger partial charge is 0.275 e. The van der Waals surface area contributed by atoms with Crippen LogP contribution in [0, 0.1) is 18.8 Å². The lowest BCUT2D eigenvalue weighted by Gasteiger charge is -2.35. The van der Waals surface area contributed by atoms with Gasteiger partial charge in [0.2, 0.25) is 0 Å². The van der Waals surface area contributed by atoms with Crippen molar-refractivity contribution >= 4 is 35.1 Å². The van der Waals surface area contributed by atoms with Gasteiger partial charge in [0.15, 0.2) is 5.78 Å². The standard InChI is InChI=1S/C26H25ClN2O4/c1-15-8-11-18(12-9-15)23(30)17(3)28(25(32)20-6-4-5-7-22(20)27)29-24(31)19-13-10-16(2)14-21(19)26(29)33/h4-12,17,19,21H,13-14H2,1-3H3/t17-,19-,21+/m0/s1. The van der Waals surface area contributed by atoms with Gasteiger partial charge in [-0.1, -0.05) is 65.2 Å². The summed E-state index contributed by atoms with van der Waals surface area (Å²) in [5, 5.41) is 2.07. The van der Waals surface area contributed by atoms with Crippen molar-refractivity contribution < 1.29 is 19.2 Å². The number of hydrogen-bond acceptors (Lipinski definition) is 4. The maximum Gasteiger partial charge on any atom is 0.275 e. The van der Waals surface area contributed by atoms with Crippen molar-refractivity contribution in [3.8, 4) is 0 Å². The molecule has 2 aromatic carbocycles. The van der Waals surface area contributed by atoms with Crippen LogP contribution in [0.5, 0.6) is 0 Å². The zero-order valence-electron chi connectivity index (χ0n) is 18.7. The fourth-order valence-electron chi connectivity index (χ4n) is 4.50. The number of carbonyl (C=O) groups excluding carboxylic acids is 4. The number of ketones is 1. The topological polar surface area (TPSA) is 74.8 Å². The number of rotatable bonds is 5. The van der Waals surface area contributed by atoms with Gasteiger partial charge >= 0.3 is 0 Å². The van der Waals surface area contributed by atoms with E-state index in [0.717, 1.165) is 21.2 Å². The third-order valence-electron chi connectivity index (χ3n) is 6.41. The number of fused-ring (bicyclic) bond motifs is 1. The van der Waals surface area contributed by atoms with Gasteiger partial charge in [-0.05, 0) is 45.7 Å². The summed E-state index contributed by atoms with van der Waals surface area (Å²) >= 11 is 6.27. The van der Waals surface area contributed by atoms with E-state index >= 15 is 0 Å². The van der Waals surface area contributed by atoms with Gasteiger partial charge < -0.3 is 0 Å². The Bertz CT molecular complexity index is 1170. The Morgan fingerprint density at radius 2 is 1.64 bits per heavy atom. The first kappa shape index (κ1) is 22.9. The van der Waals surface area contributed by atoms with E-state index in [0.29, 0.717) is 18.4 Å². The Hall–Kier alpha value is -3.25. The van der Waals surface area contributed by atoms with Crippen molar-refractivity contribution in [1.82, 2.24) is 10.0 Å². The highest BCUT2D eigenvalue weighted by atomic mass is 35.5. The van der Waals surface area contributed by atoms with Gasteiger partial charge in [-0.25, -0.2) is 5.01 Å². The first-order chi connectivity index (χ1) is 15.7. The molecule has 0 aromatic heterocycles. The van der Waals surface area contributed by atoms with E-state index in [9.17, 15) is 19.2 Å². The van der Waals surface area contributed by atoms with Gasteiger partial charge in [-0.2, -0.15) is 5.01 Å². The molecule has 1 aliphatic heterocycles. The van der Waals surface area contributed by atoms with Gasteiger partial charge in [-0.15, -0.1) is 0 Å². The van der Waals surface area contributed by atoms with Crippen LogP contribution in [-0.2, 0) is 9.59 Å². The fraction of sp³-hybridized carbons (Fsp3) is 0.308. The summed E-state index contributed by atoms with van der Waals surface area (Å²) in [7, 11) is 0. The minimum atomic E-state index is -1.10.